The van der Waals surface area contributed by atoms with Crippen molar-refractivity contribution in [2.45, 2.75) is 25.3 Å². The molecule has 1 aromatic rings. The van der Waals surface area contributed by atoms with E-state index in [0.717, 1.165) is 52.4 Å². The van der Waals surface area contributed by atoms with Gasteiger partial charge < -0.3 is 15.0 Å². The van der Waals surface area contributed by atoms with Gasteiger partial charge in [0.05, 0.1) is 12.6 Å². The summed E-state index contributed by atoms with van der Waals surface area (Å²) in [7, 11) is 1.73. The minimum atomic E-state index is 0.0688. The number of urea groups is 1. The van der Waals surface area contributed by atoms with Crippen LogP contribution in [0.15, 0.2) is 30.3 Å². The lowest BCUT2D eigenvalue weighted by atomic mass is 10.0. The molecule has 2 amide bonds. The van der Waals surface area contributed by atoms with Crippen molar-refractivity contribution in [3.05, 3.63) is 35.9 Å². The van der Waals surface area contributed by atoms with Crippen LogP contribution in [0.2, 0.25) is 0 Å². The van der Waals surface area contributed by atoms with E-state index in [1.165, 1.54) is 24.8 Å². The van der Waals surface area contributed by atoms with E-state index >= 15 is 0 Å². The second kappa shape index (κ2) is 10.6. The van der Waals surface area contributed by atoms with Crippen molar-refractivity contribution in [1.82, 2.24) is 20.0 Å². The van der Waals surface area contributed by atoms with Crippen molar-refractivity contribution >= 4 is 6.03 Å². The smallest absolute Gasteiger partial charge is 0.317 e. The van der Waals surface area contributed by atoms with Gasteiger partial charge >= 0.3 is 6.03 Å². The maximum atomic E-state index is 12.7. The van der Waals surface area contributed by atoms with Gasteiger partial charge in [0.15, 0.2) is 0 Å². The van der Waals surface area contributed by atoms with Gasteiger partial charge in [-0.2, -0.15) is 0 Å². The maximum absolute atomic E-state index is 12.7. The van der Waals surface area contributed by atoms with E-state index in [1.807, 2.05) is 4.90 Å². The maximum Gasteiger partial charge on any atom is 0.317 e. The normalized spacial score (nSPS) is 20.4. The molecule has 0 aliphatic carbocycles. The number of nitrogens with zero attached hydrogens (tertiary/aromatic N) is 3. The number of nitrogens with one attached hydrogen (secondary N) is 1. The van der Waals surface area contributed by atoms with Crippen LogP contribution >= 0.6 is 0 Å². The highest BCUT2D eigenvalue weighted by molar-refractivity contribution is 5.74. The van der Waals surface area contributed by atoms with Crippen LogP contribution < -0.4 is 5.32 Å². The zero-order valence-electron chi connectivity index (χ0n) is 16.6. The highest BCUT2D eigenvalue weighted by atomic mass is 16.5. The largest absolute Gasteiger partial charge is 0.383 e. The van der Waals surface area contributed by atoms with Gasteiger partial charge in [-0.25, -0.2) is 4.79 Å². The first-order valence-electron chi connectivity index (χ1n) is 10.3. The Morgan fingerprint density at radius 3 is 2.41 bits per heavy atom. The third kappa shape index (κ3) is 5.92. The van der Waals surface area contributed by atoms with Crippen LogP contribution in [0.25, 0.3) is 0 Å². The van der Waals surface area contributed by atoms with Crippen LogP contribution in [0.4, 0.5) is 4.79 Å². The van der Waals surface area contributed by atoms with Crippen molar-refractivity contribution in [2.24, 2.45) is 0 Å². The molecule has 0 spiro atoms. The third-order valence-electron chi connectivity index (χ3n) is 5.73. The van der Waals surface area contributed by atoms with E-state index in [-0.39, 0.29) is 12.1 Å². The summed E-state index contributed by atoms with van der Waals surface area (Å²) in [6.45, 7) is 8.02. The number of carbonyl (C=O) groups excluding carboxylic acids is 1. The molecule has 6 heteroatoms. The Bertz CT molecular complexity index is 555. The zero-order valence-corrected chi connectivity index (χ0v) is 16.6. The number of piperazine rings is 1. The molecule has 0 unspecified atom stereocenters. The van der Waals surface area contributed by atoms with Gasteiger partial charge in [-0.05, 0) is 31.5 Å². The number of benzene rings is 1. The summed E-state index contributed by atoms with van der Waals surface area (Å²) in [4.78, 5) is 19.5. The molecule has 1 aromatic carbocycles. The molecular weight excluding hydrogens is 340 g/mol. The van der Waals surface area contributed by atoms with Gasteiger partial charge in [0.25, 0.3) is 0 Å². The summed E-state index contributed by atoms with van der Waals surface area (Å²) in [5, 5.41) is 3.21. The summed E-state index contributed by atoms with van der Waals surface area (Å²) in [5.41, 5.74) is 1.30. The van der Waals surface area contributed by atoms with Gasteiger partial charge in [0.2, 0.25) is 0 Å². The Morgan fingerprint density at radius 1 is 1.04 bits per heavy atom. The van der Waals surface area contributed by atoms with Crippen LogP contribution in [0.5, 0.6) is 0 Å². The predicted molar refractivity (Wildman–Crippen MR) is 108 cm³/mol. The van der Waals surface area contributed by atoms with Crippen molar-refractivity contribution in [1.29, 1.82) is 0 Å². The number of carbonyl (C=O) groups is 1. The minimum Gasteiger partial charge on any atom is -0.383 e. The molecule has 0 aromatic heterocycles. The number of hydrogen-bond donors (Lipinski definition) is 1. The number of piperidine rings is 1. The fraction of sp³-hybridized carbons (Fsp3) is 0.667. The average Bonchev–Trinajstić information content (AvgIpc) is 2.74. The van der Waals surface area contributed by atoms with Gasteiger partial charge in [-0.3, -0.25) is 9.80 Å². The van der Waals surface area contributed by atoms with Gasteiger partial charge in [0, 0.05) is 46.4 Å². The first kappa shape index (κ1) is 20.1. The number of methoxy groups -OCH3 is 1. The molecular formula is C21H34N4O2. The second-order valence-electron chi connectivity index (χ2n) is 7.53. The van der Waals surface area contributed by atoms with Crippen LogP contribution in [0.3, 0.4) is 0 Å². The van der Waals surface area contributed by atoms with Crippen LogP contribution in [0, 0.1) is 0 Å². The fourth-order valence-electron chi connectivity index (χ4n) is 4.05. The van der Waals surface area contributed by atoms with Crippen LogP contribution in [0.1, 0.15) is 30.9 Å². The molecule has 2 aliphatic rings. The quantitative estimate of drug-likeness (QED) is 0.795. The lowest BCUT2D eigenvalue weighted by Crippen LogP contribution is -2.53. The first-order valence-corrected chi connectivity index (χ1v) is 10.3. The Balaban J connectivity index is 1.52. The number of likely N-dealkylation sites (tertiary alicyclic amines) is 1. The molecule has 1 N–H and O–H groups in total. The summed E-state index contributed by atoms with van der Waals surface area (Å²) in [6.07, 6.45) is 3.82. The van der Waals surface area contributed by atoms with Crippen molar-refractivity contribution in [3.63, 3.8) is 0 Å². The Morgan fingerprint density at radius 2 is 1.74 bits per heavy atom. The Kier molecular flexibility index (Phi) is 7.93. The SMILES string of the molecule is COCCN1CCN(C(=O)NC[C@@H](c2ccccc2)N2CCCCC2)CC1. The molecule has 1 atom stereocenters. The van der Waals surface area contributed by atoms with Gasteiger partial charge in [-0.15, -0.1) is 0 Å². The summed E-state index contributed by atoms with van der Waals surface area (Å²) < 4.78 is 5.14. The molecule has 2 aliphatic heterocycles. The van der Waals surface area contributed by atoms with Crippen molar-refractivity contribution in [3.8, 4) is 0 Å². The summed E-state index contributed by atoms with van der Waals surface area (Å²) in [5.74, 6) is 0. The Hall–Kier alpha value is -1.63. The molecule has 0 saturated carbocycles. The van der Waals surface area contributed by atoms with E-state index in [4.69, 9.17) is 4.74 Å². The molecule has 3 rings (SSSR count). The van der Waals surface area contributed by atoms with E-state index in [9.17, 15) is 4.79 Å². The molecule has 0 radical (unpaired) electrons. The summed E-state index contributed by atoms with van der Waals surface area (Å²) in [6, 6.07) is 10.9. The fourth-order valence-corrected chi connectivity index (χ4v) is 4.05. The van der Waals surface area contributed by atoms with E-state index < -0.39 is 0 Å². The van der Waals surface area contributed by atoms with Crippen molar-refractivity contribution < 1.29 is 9.53 Å². The van der Waals surface area contributed by atoms with Gasteiger partial charge in [-0.1, -0.05) is 36.8 Å². The van der Waals surface area contributed by atoms with Gasteiger partial charge in [0.1, 0.15) is 0 Å². The predicted octanol–water partition coefficient (Wildman–Crippen LogP) is 2.19. The highest BCUT2D eigenvalue weighted by Gasteiger charge is 2.25. The molecule has 2 heterocycles. The molecule has 150 valence electrons. The molecule has 2 saturated heterocycles. The third-order valence-corrected chi connectivity index (χ3v) is 5.73. The van der Waals surface area contributed by atoms with Crippen LogP contribution in [-0.4, -0.2) is 86.8 Å². The molecule has 0 bridgehead atoms. The highest BCUT2D eigenvalue weighted by Crippen LogP contribution is 2.24. The standard InChI is InChI=1S/C21H34N4O2/c1-27-17-16-23-12-14-25(15-13-23)21(26)22-18-20(19-8-4-2-5-9-19)24-10-6-3-7-11-24/h2,4-5,8-9,20H,3,6-7,10-18H2,1H3,(H,22,26)/t20-/m0/s1. The minimum absolute atomic E-state index is 0.0688. The number of ether oxygens (including phenoxy) is 1. The number of hydrogen-bond acceptors (Lipinski definition) is 4. The molecule has 27 heavy (non-hydrogen) atoms. The summed E-state index contributed by atoms with van der Waals surface area (Å²) >= 11 is 0. The topological polar surface area (TPSA) is 48.1 Å². The Labute approximate surface area is 163 Å². The van der Waals surface area contributed by atoms with E-state index in [0.29, 0.717) is 6.54 Å². The first-order chi connectivity index (χ1) is 13.3. The van der Waals surface area contributed by atoms with Crippen molar-refractivity contribution in [2.75, 3.05) is 66.1 Å². The average molecular weight is 375 g/mol. The molecule has 6 nitrogen and oxygen atoms in total. The van der Waals surface area contributed by atoms with E-state index in [2.05, 4.69) is 45.4 Å². The monoisotopic (exact) mass is 374 g/mol. The molecule has 2 fully saturated rings. The second-order valence-corrected chi connectivity index (χ2v) is 7.53. The van der Waals surface area contributed by atoms with E-state index in [1.54, 1.807) is 7.11 Å². The lowest BCUT2D eigenvalue weighted by Gasteiger charge is -2.37. The number of rotatable bonds is 7. The lowest BCUT2D eigenvalue weighted by molar-refractivity contribution is 0.104. The number of amides is 2. The van der Waals surface area contributed by atoms with Crippen LogP contribution in [-0.2, 0) is 4.74 Å². The zero-order chi connectivity index (χ0) is 18.9.